The minimum absolute atomic E-state index is 0. The molecule has 1 unspecified atom stereocenters. The van der Waals surface area contributed by atoms with Crippen molar-refractivity contribution < 1.29 is 4.39 Å². The van der Waals surface area contributed by atoms with Crippen LogP contribution in [0.25, 0.3) is 0 Å². The molecule has 0 aromatic heterocycles. The minimum Gasteiger partial charge on any atom is -0.365 e. The van der Waals surface area contributed by atoms with Crippen molar-refractivity contribution in [3.8, 4) is 6.07 Å². The van der Waals surface area contributed by atoms with Gasteiger partial charge in [0.05, 0.1) is 5.69 Å². The lowest BCUT2D eigenvalue weighted by Gasteiger charge is -2.36. The summed E-state index contributed by atoms with van der Waals surface area (Å²) in [7, 11) is 0. The molecule has 116 valence electrons. The average molecular weight is 312 g/mol. The summed E-state index contributed by atoms with van der Waals surface area (Å²) in [6, 6.07) is 5.79. The maximum atomic E-state index is 14.2. The Morgan fingerprint density at radius 2 is 2.19 bits per heavy atom. The van der Waals surface area contributed by atoms with Gasteiger partial charge in [-0.05, 0) is 37.0 Å². The second-order valence-corrected chi connectivity index (χ2v) is 5.93. The first-order valence-corrected chi connectivity index (χ1v) is 7.22. The molecule has 0 bridgehead atoms. The van der Waals surface area contributed by atoms with Crippen molar-refractivity contribution in [2.75, 3.05) is 24.5 Å². The van der Waals surface area contributed by atoms with E-state index in [1.165, 1.54) is 6.07 Å². The monoisotopic (exact) mass is 311 g/mol. The van der Waals surface area contributed by atoms with Crippen LogP contribution >= 0.6 is 12.4 Å². The first-order chi connectivity index (χ1) is 9.52. The molecule has 1 aliphatic rings. The van der Waals surface area contributed by atoms with E-state index in [4.69, 9.17) is 0 Å². The standard InChI is InChI=1S/C16H22FN3.ClH/c1-11(2)6-13-7-15(17)14(9-18)16(8-13)20-5-4-19-10-12(20)3;/h7-8,11-12,19H,4-6,10H2,1-3H3;1H. The maximum absolute atomic E-state index is 14.2. The SMILES string of the molecule is CC(C)Cc1cc(F)c(C#N)c(N2CCNCC2C)c1.Cl. The first kappa shape index (κ1) is 17.7. The lowest BCUT2D eigenvalue weighted by Crippen LogP contribution is -2.50. The summed E-state index contributed by atoms with van der Waals surface area (Å²) in [6.07, 6.45) is 0.829. The topological polar surface area (TPSA) is 39.1 Å². The van der Waals surface area contributed by atoms with Crippen molar-refractivity contribution in [2.24, 2.45) is 5.92 Å². The van der Waals surface area contributed by atoms with Crippen LogP contribution in [0, 0.1) is 23.1 Å². The van der Waals surface area contributed by atoms with E-state index in [2.05, 4.69) is 31.0 Å². The molecule has 0 spiro atoms. The van der Waals surface area contributed by atoms with Crippen LogP contribution in [0.5, 0.6) is 0 Å². The summed E-state index contributed by atoms with van der Waals surface area (Å²) >= 11 is 0. The number of hydrogen-bond donors (Lipinski definition) is 1. The van der Waals surface area contributed by atoms with Gasteiger partial charge in [0, 0.05) is 25.7 Å². The molecule has 1 heterocycles. The van der Waals surface area contributed by atoms with Gasteiger partial charge in [0.1, 0.15) is 17.4 Å². The third kappa shape index (κ3) is 4.09. The molecule has 2 rings (SSSR count). The van der Waals surface area contributed by atoms with Crippen LogP contribution in [-0.2, 0) is 6.42 Å². The molecule has 1 aromatic carbocycles. The Morgan fingerprint density at radius 1 is 1.48 bits per heavy atom. The highest BCUT2D eigenvalue weighted by molar-refractivity contribution is 5.85. The molecule has 3 nitrogen and oxygen atoms in total. The fourth-order valence-corrected chi connectivity index (χ4v) is 2.77. The summed E-state index contributed by atoms with van der Waals surface area (Å²) < 4.78 is 14.2. The highest BCUT2D eigenvalue weighted by Crippen LogP contribution is 2.28. The number of nitrogens with zero attached hydrogens (tertiary/aromatic N) is 2. The third-order valence-corrected chi connectivity index (χ3v) is 3.70. The smallest absolute Gasteiger partial charge is 0.143 e. The van der Waals surface area contributed by atoms with Gasteiger partial charge in [0.2, 0.25) is 0 Å². The van der Waals surface area contributed by atoms with Crippen LogP contribution < -0.4 is 10.2 Å². The summed E-state index contributed by atoms with van der Waals surface area (Å²) in [6.45, 7) is 8.86. The summed E-state index contributed by atoms with van der Waals surface area (Å²) in [5, 5.41) is 12.6. The molecule has 0 aliphatic carbocycles. The molecule has 5 heteroatoms. The number of rotatable bonds is 3. The molecule has 1 atom stereocenters. The fourth-order valence-electron chi connectivity index (χ4n) is 2.77. The van der Waals surface area contributed by atoms with Crippen LogP contribution in [0.1, 0.15) is 31.9 Å². The van der Waals surface area contributed by atoms with E-state index in [0.29, 0.717) is 5.92 Å². The number of benzene rings is 1. The lowest BCUT2D eigenvalue weighted by molar-refractivity contribution is 0.498. The van der Waals surface area contributed by atoms with Gasteiger partial charge in [-0.1, -0.05) is 13.8 Å². The quantitative estimate of drug-likeness (QED) is 0.932. The Labute approximate surface area is 132 Å². The number of halogens is 2. The van der Waals surface area contributed by atoms with Crippen molar-refractivity contribution >= 4 is 18.1 Å². The largest absolute Gasteiger partial charge is 0.365 e. The Hall–Kier alpha value is -1.31. The van der Waals surface area contributed by atoms with E-state index < -0.39 is 5.82 Å². The van der Waals surface area contributed by atoms with Gasteiger partial charge in [-0.15, -0.1) is 12.4 Å². The van der Waals surface area contributed by atoms with Crippen LogP contribution in [0.2, 0.25) is 0 Å². The fraction of sp³-hybridized carbons (Fsp3) is 0.562. The van der Waals surface area contributed by atoms with E-state index in [1.54, 1.807) is 0 Å². The molecule has 0 radical (unpaired) electrons. The van der Waals surface area contributed by atoms with Gasteiger partial charge in [-0.25, -0.2) is 4.39 Å². The number of anilines is 1. The first-order valence-electron chi connectivity index (χ1n) is 7.22. The second-order valence-electron chi connectivity index (χ2n) is 5.93. The summed E-state index contributed by atoms with van der Waals surface area (Å²) in [5.74, 6) is 0.0713. The molecule has 1 fully saturated rings. The van der Waals surface area contributed by atoms with E-state index in [-0.39, 0.29) is 24.0 Å². The zero-order valence-electron chi connectivity index (χ0n) is 12.8. The number of piperazine rings is 1. The second kappa shape index (κ2) is 7.63. The Bertz CT molecular complexity index is 525. The third-order valence-electron chi connectivity index (χ3n) is 3.70. The summed E-state index contributed by atoms with van der Waals surface area (Å²) in [4.78, 5) is 2.14. The zero-order valence-corrected chi connectivity index (χ0v) is 13.6. The van der Waals surface area contributed by atoms with E-state index >= 15 is 0 Å². The predicted octanol–water partition coefficient (Wildman–Crippen LogP) is 3.12. The van der Waals surface area contributed by atoms with Crippen LogP contribution in [0.3, 0.4) is 0 Å². The molecule has 1 aromatic rings. The molecule has 21 heavy (non-hydrogen) atoms. The highest BCUT2D eigenvalue weighted by atomic mass is 35.5. The number of nitriles is 1. The lowest BCUT2D eigenvalue weighted by atomic mass is 9.99. The van der Waals surface area contributed by atoms with Gasteiger partial charge in [0.25, 0.3) is 0 Å². The van der Waals surface area contributed by atoms with Crippen molar-refractivity contribution in [2.45, 2.75) is 33.2 Å². The van der Waals surface area contributed by atoms with Gasteiger partial charge < -0.3 is 10.2 Å². The number of hydrogen-bond acceptors (Lipinski definition) is 3. The van der Waals surface area contributed by atoms with E-state index in [1.807, 2.05) is 12.1 Å². The normalized spacial score (nSPS) is 18.3. The van der Waals surface area contributed by atoms with Crippen molar-refractivity contribution in [1.29, 1.82) is 5.26 Å². The zero-order chi connectivity index (χ0) is 14.7. The van der Waals surface area contributed by atoms with E-state index in [0.717, 1.165) is 37.3 Å². The van der Waals surface area contributed by atoms with Gasteiger partial charge in [0.15, 0.2) is 0 Å². The molecule has 1 saturated heterocycles. The predicted molar refractivity (Wildman–Crippen MR) is 86.6 cm³/mol. The average Bonchev–Trinajstić information content (AvgIpc) is 2.38. The molecule has 0 saturated carbocycles. The van der Waals surface area contributed by atoms with Gasteiger partial charge in [-0.3, -0.25) is 0 Å². The molecule has 1 N–H and O–H groups in total. The van der Waals surface area contributed by atoms with E-state index in [9.17, 15) is 9.65 Å². The van der Waals surface area contributed by atoms with Gasteiger partial charge in [-0.2, -0.15) is 5.26 Å². The van der Waals surface area contributed by atoms with Crippen LogP contribution in [0.4, 0.5) is 10.1 Å². The Balaban J connectivity index is 0.00000220. The Morgan fingerprint density at radius 3 is 2.76 bits per heavy atom. The van der Waals surface area contributed by atoms with Gasteiger partial charge >= 0.3 is 0 Å². The molecular formula is C16H23ClFN3. The van der Waals surface area contributed by atoms with Crippen molar-refractivity contribution in [3.05, 3.63) is 29.1 Å². The minimum atomic E-state index is -0.397. The highest BCUT2D eigenvalue weighted by Gasteiger charge is 2.23. The summed E-state index contributed by atoms with van der Waals surface area (Å²) in [5.41, 5.74) is 1.89. The Kier molecular flexibility index (Phi) is 6.44. The van der Waals surface area contributed by atoms with Crippen LogP contribution in [0.15, 0.2) is 12.1 Å². The van der Waals surface area contributed by atoms with Crippen molar-refractivity contribution in [1.82, 2.24) is 5.32 Å². The molecule has 0 amide bonds. The number of nitrogens with one attached hydrogen (secondary N) is 1. The van der Waals surface area contributed by atoms with Crippen LogP contribution in [-0.4, -0.2) is 25.7 Å². The molecular weight excluding hydrogens is 289 g/mol. The maximum Gasteiger partial charge on any atom is 0.143 e. The van der Waals surface area contributed by atoms with Crippen molar-refractivity contribution in [3.63, 3.8) is 0 Å². The molecule has 1 aliphatic heterocycles.